The number of rotatable bonds is 10. The van der Waals surface area contributed by atoms with Crippen molar-refractivity contribution in [3.63, 3.8) is 0 Å². The first-order chi connectivity index (χ1) is 14.2. The van der Waals surface area contributed by atoms with Crippen molar-refractivity contribution in [3.8, 4) is 5.75 Å². The SMILES string of the molecule is CCONC(=O)c1ccc(C[NH+](Cc2ccccc2)Cc2ccc(OC)cc2)o1. The van der Waals surface area contributed by atoms with Crippen molar-refractivity contribution in [2.75, 3.05) is 13.7 Å². The summed E-state index contributed by atoms with van der Waals surface area (Å²) in [7, 11) is 1.66. The highest BCUT2D eigenvalue weighted by atomic mass is 16.7. The third-order valence-corrected chi connectivity index (χ3v) is 4.53. The first-order valence-electron chi connectivity index (χ1n) is 9.69. The lowest BCUT2D eigenvalue weighted by atomic mass is 10.1. The zero-order valence-corrected chi connectivity index (χ0v) is 16.8. The summed E-state index contributed by atoms with van der Waals surface area (Å²) in [5.74, 6) is 1.47. The van der Waals surface area contributed by atoms with Crippen LogP contribution in [0.2, 0.25) is 0 Å². The number of benzene rings is 2. The van der Waals surface area contributed by atoms with Crippen LogP contribution in [-0.2, 0) is 24.5 Å². The zero-order valence-electron chi connectivity index (χ0n) is 16.8. The second-order valence-corrected chi connectivity index (χ2v) is 6.74. The molecular formula is C23H27N2O4+. The molecule has 1 heterocycles. The summed E-state index contributed by atoms with van der Waals surface area (Å²) in [5, 5.41) is 0. The van der Waals surface area contributed by atoms with Gasteiger partial charge >= 0.3 is 5.91 Å². The average molecular weight is 395 g/mol. The Morgan fingerprint density at radius 1 is 0.931 bits per heavy atom. The fraction of sp³-hybridized carbons (Fsp3) is 0.261. The fourth-order valence-electron chi connectivity index (χ4n) is 3.13. The van der Waals surface area contributed by atoms with Gasteiger partial charge in [0.25, 0.3) is 0 Å². The number of ether oxygens (including phenoxy) is 1. The Kier molecular flexibility index (Phi) is 7.44. The average Bonchev–Trinajstić information content (AvgIpc) is 3.22. The zero-order chi connectivity index (χ0) is 20.5. The number of carbonyl (C=O) groups is 1. The molecule has 0 fully saturated rings. The van der Waals surface area contributed by atoms with Crippen molar-refractivity contribution in [2.24, 2.45) is 0 Å². The van der Waals surface area contributed by atoms with E-state index in [1.54, 1.807) is 20.1 Å². The van der Waals surface area contributed by atoms with Crippen LogP contribution in [0.1, 0.15) is 34.4 Å². The second-order valence-electron chi connectivity index (χ2n) is 6.74. The molecule has 1 aromatic heterocycles. The van der Waals surface area contributed by atoms with Gasteiger partial charge < -0.3 is 14.1 Å². The number of quaternary nitrogens is 1. The lowest BCUT2D eigenvalue weighted by Gasteiger charge is -2.19. The van der Waals surface area contributed by atoms with E-state index >= 15 is 0 Å². The van der Waals surface area contributed by atoms with Crippen LogP contribution in [0.5, 0.6) is 5.75 Å². The standard InChI is InChI=1S/C23H26N2O4/c1-3-28-24-23(26)22-14-13-21(29-22)17-25(15-18-7-5-4-6-8-18)16-19-9-11-20(27-2)12-10-19/h4-14H,3,15-17H2,1-2H3,(H,24,26)/p+1. The monoisotopic (exact) mass is 395 g/mol. The molecule has 0 aliphatic heterocycles. The Morgan fingerprint density at radius 2 is 1.62 bits per heavy atom. The molecule has 0 saturated heterocycles. The molecule has 0 saturated carbocycles. The van der Waals surface area contributed by atoms with Gasteiger partial charge in [-0.3, -0.25) is 9.63 Å². The lowest BCUT2D eigenvalue weighted by Crippen LogP contribution is -3.08. The van der Waals surface area contributed by atoms with E-state index in [2.05, 4.69) is 29.7 Å². The minimum atomic E-state index is -0.377. The summed E-state index contributed by atoms with van der Waals surface area (Å²) < 4.78 is 11.0. The van der Waals surface area contributed by atoms with Crippen LogP contribution < -0.4 is 15.1 Å². The van der Waals surface area contributed by atoms with E-state index in [0.29, 0.717) is 13.2 Å². The molecule has 0 bridgehead atoms. The summed E-state index contributed by atoms with van der Waals surface area (Å²) in [6.45, 7) is 4.52. The van der Waals surface area contributed by atoms with E-state index in [-0.39, 0.29) is 11.7 Å². The third-order valence-electron chi connectivity index (χ3n) is 4.53. The highest BCUT2D eigenvalue weighted by Gasteiger charge is 2.17. The quantitative estimate of drug-likeness (QED) is 0.518. The molecule has 2 N–H and O–H groups in total. The number of furan rings is 1. The van der Waals surface area contributed by atoms with Gasteiger partial charge in [-0.15, -0.1) is 0 Å². The number of hydrogen-bond acceptors (Lipinski definition) is 4. The Labute approximate surface area is 171 Å². The maximum absolute atomic E-state index is 12.0. The number of nitrogens with one attached hydrogen (secondary N) is 2. The maximum atomic E-state index is 12.0. The number of methoxy groups -OCH3 is 1. The molecule has 6 nitrogen and oxygen atoms in total. The minimum Gasteiger partial charge on any atom is -0.497 e. The van der Waals surface area contributed by atoms with Crippen LogP contribution in [-0.4, -0.2) is 19.6 Å². The number of hydrogen-bond donors (Lipinski definition) is 2. The Morgan fingerprint density at radius 3 is 2.28 bits per heavy atom. The van der Waals surface area contributed by atoms with Gasteiger partial charge in [0.2, 0.25) is 0 Å². The van der Waals surface area contributed by atoms with E-state index in [1.807, 2.05) is 36.4 Å². The van der Waals surface area contributed by atoms with Gasteiger partial charge in [0.15, 0.2) is 11.5 Å². The van der Waals surface area contributed by atoms with Crippen LogP contribution in [0.3, 0.4) is 0 Å². The molecule has 6 heteroatoms. The summed E-state index contributed by atoms with van der Waals surface area (Å²) in [6, 6.07) is 22.0. The maximum Gasteiger partial charge on any atom is 0.310 e. The summed E-state index contributed by atoms with van der Waals surface area (Å²) >= 11 is 0. The van der Waals surface area contributed by atoms with Gasteiger partial charge in [0.05, 0.1) is 13.7 Å². The number of carbonyl (C=O) groups excluding carboxylic acids is 1. The smallest absolute Gasteiger partial charge is 0.310 e. The Bertz CT molecular complexity index is 891. The Hall–Kier alpha value is -3.09. The second kappa shape index (κ2) is 10.5. The molecule has 2 aromatic carbocycles. The molecule has 1 unspecified atom stereocenters. The van der Waals surface area contributed by atoms with Crippen molar-refractivity contribution in [1.29, 1.82) is 0 Å². The van der Waals surface area contributed by atoms with Crippen LogP contribution in [0.25, 0.3) is 0 Å². The van der Waals surface area contributed by atoms with Gasteiger partial charge in [-0.25, -0.2) is 5.48 Å². The highest BCUT2D eigenvalue weighted by molar-refractivity contribution is 5.90. The summed E-state index contributed by atoms with van der Waals surface area (Å²) in [4.78, 5) is 18.2. The summed E-state index contributed by atoms with van der Waals surface area (Å²) in [6.07, 6.45) is 0. The molecule has 152 valence electrons. The molecule has 3 rings (SSSR count). The molecule has 0 aliphatic rings. The molecule has 0 spiro atoms. The molecule has 3 aromatic rings. The lowest BCUT2D eigenvalue weighted by molar-refractivity contribution is -0.942. The molecular weight excluding hydrogens is 368 g/mol. The third kappa shape index (κ3) is 6.20. The summed E-state index contributed by atoms with van der Waals surface area (Å²) in [5.41, 5.74) is 4.81. The van der Waals surface area contributed by atoms with Gasteiger partial charge in [0.1, 0.15) is 25.4 Å². The predicted molar refractivity (Wildman–Crippen MR) is 109 cm³/mol. The fourth-order valence-corrected chi connectivity index (χ4v) is 3.13. The molecule has 0 radical (unpaired) electrons. The molecule has 1 amide bonds. The van der Waals surface area contributed by atoms with Gasteiger partial charge in [-0.05, 0) is 43.3 Å². The van der Waals surface area contributed by atoms with Gasteiger partial charge in [0, 0.05) is 11.1 Å². The highest BCUT2D eigenvalue weighted by Crippen LogP contribution is 2.11. The van der Waals surface area contributed by atoms with Crippen LogP contribution in [0, 0.1) is 0 Å². The first-order valence-corrected chi connectivity index (χ1v) is 9.69. The van der Waals surface area contributed by atoms with E-state index < -0.39 is 0 Å². The van der Waals surface area contributed by atoms with Crippen LogP contribution in [0.15, 0.2) is 71.1 Å². The van der Waals surface area contributed by atoms with Crippen molar-refractivity contribution in [2.45, 2.75) is 26.6 Å². The molecule has 29 heavy (non-hydrogen) atoms. The van der Waals surface area contributed by atoms with E-state index in [9.17, 15) is 4.79 Å². The topological polar surface area (TPSA) is 65.1 Å². The number of hydroxylamine groups is 1. The van der Waals surface area contributed by atoms with E-state index in [4.69, 9.17) is 14.0 Å². The van der Waals surface area contributed by atoms with E-state index in [0.717, 1.165) is 24.6 Å². The van der Waals surface area contributed by atoms with Crippen molar-refractivity contribution >= 4 is 5.91 Å². The molecule has 0 aliphatic carbocycles. The van der Waals surface area contributed by atoms with Gasteiger partial charge in [-0.2, -0.15) is 0 Å². The van der Waals surface area contributed by atoms with Crippen molar-refractivity contribution < 1.29 is 23.7 Å². The van der Waals surface area contributed by atoms with Crippen molar-refractivity contribution in [3.05, 3.63) is 89.4 Å². The van der Waals surface area contributed by atoms with E-state index in [1.165, 1.54) is 16.0 Å². The van der Waals surface area contributed by atoms with Gasteiger partial charge in [-0.1, -0.05) is 30.3 Å². The first kappa shape index (κ1) is 20.6. The van der Waals surface area contributed by atoms with Crippen LogP contribution >= 0.6 is 0 Å². The number of amides is 1. The predicted octanol–water partition coefficient (Wildman–Crippen LogP) is 2.75. The molecule has 1 atom stereocenters. The minimum absolute atomic E-state index is 0.247. The Balaban J connectivity index is 1.72. The van der Waals surface area contributed by atoms with Crippen molar-refractivity contribution in [1.82, 2.24) is 5.48 Å². The largest absolute Gasteiger partial charge is 0.497 e. The normalized spacial score (nSPS) is 11.8. The van der Waals surface area contributed by atoms with Crippen LogP contribution in [0.4, 0.5) is 0 Å².